The maximum Gasteiger partial charge on any atom is 0.124 e. The topological polar surface area (TPSA) is 24.9 Å². The maximum atomic E-state index is 4.79. The minimum Gasteiger partial charge on any atom is -0.312 e. The lowest BCUT2D eigenvalue weighted by Crippen LogP contribution is -2.23. The van der Waals surface area contributed by atoms with E-state index >= 15 is 0 Å². The number of hydrogen-bond acceptors (Lipinski definition) is 3. The quantitative estimate of drug-likeness (QED) is 0.731. The van der Waals surface area contributed by atoms with Crippen molar-refractivity contribution in [3.8, 4) is 10.6 Å². The zero-order chi connectivity index (χ0) is 13.5. The van der Waals surface area contributed by atoms with Crippen molar-refractivity contribution in [1.29, 1.82) is 0 Å². The molecule has 2 nitrogen and oxygen atoms in total. The van der Waals surface area contributed by atoms with Crippen LogP contribution < -0.4 is 5.32 Å². The number of thiazole rings is 1. The molecule has 2 aromatic carbocycles. The van der Waals surface area contributed by atoms with E-state index < -0.39 is 0 Å². The predicted octanol–water partition coefficient (Wildman–Crippen LogP) is 3.92. The first-order chi connectivity index (χ1) is 9.79. The van der Waals surface area contributed by atoms with Crippen molar-refractivity contribution < 1.29 is 0 Å². The minimum atomic E-state index is 0.979. The zero-order valence-corrected chi connectivity index (χ0v) is 12.3. The molecule has 0 saturated heterocycles. The van der Waals surface area contributed by atoms with E-state index in [0.29, 0.717) is 0 Å². The average molecular weight is 280 g/mol. The van der Waals surface area contributed by atoms with Gasteiger partial charge in [0.15, 0.2) is 0 Å². The third kappa shape index (κ3) is 2.03. The van der Waals surface area contributed by atoms with E-state index in [2.05, 4.69) is 48.6 Å². The largest absolute Gasteiger partial charge is 0.312 e. The summed E-state index contributed by atoms with van der Waals surface area (Å²) in [6.45, 7) is 4.18. The Morgan fingerprint density at radius 2 is 2.05 bits per heavy atom. The van der Waals surface area contributed by atoms with E-state index in [4.69, 9.17) is 4.98 Å². The van der Waals surface area contributed by atoms with E-state index in [1.165, 1.54) is 27.0 Å². The van der Waals surface area contributed by atoms with Crippen molar-refractivity contribution in [2.75, 3.05) is 6.54 Å². The Labute approximate surface area is 122 Å². The minimum absolute atomic E-state index is 0.979. The Morgan fingerprint density at radius 3 is 3.00 bits per heavy atom. The van der Waals surface area contributed by atoms with Gasteiger partial charge < -0.3 is 5.32 Å². The predicted molar refractivity (Wildman–Crippen MR) is 85.2 cm³/mol. The van der Waals surface area contributed by atoms with Crippen molar-refractivity contribution in [3.05, 3.63) is 53.1 Å². The number of aromatic nitrogens is 1. The summed E-state index contributed by atoms with van der Waals surface area (Å²) in [5, 5.41) is 4.56. The van der Waals surface area contributed by atoms with Crippen molar-refractivity contribution in [1.82, 2.24) is 10.3 Å². The van der Waals surface area contributed by atoms with Crippen molar-refractivity contribution in [3.63, 3.8) is 0 Å². The van der Waals surface area contributed by atoms with Gasteiger partial charge in [0, 0.05) is 12.1 Å². The highest BCUT2D eigenvalue weighted by atomic mass is 32.1. The molecular formula is C17H16N2S. The highest BCUT2D eigenvalue weighted by Crippen LogP contribution is 2.32. The Morgan fingerprint density at radius 1 is 1.10 bits per heavy atom. The van der Waals surface area contributed by atoms with Crippen LogP contribution in [0.15, 0.2) is 36.4 Å². The van der Waals surface area contributed by atoms with E-state index in [-0.39, 0.29) is 0 Å². The van der Waals surface area contributed by atoms with Crippen LogP contribution in [0, 0.1) is 6.92 Å². The van der Waals surface area contributed by atoms with Crippen molar-refractivity contribution in [2.45, 2.75) is 19.9 Å². The first kappa shape index (κ1) is 12.1. The summed E-state index contributed by atoms with van der Waals surface area (Å²) in [6, 6.07) is 13.3. The first-order valence-corrected chi connectivity index (χ1v) is 7.81. The van der Waals surface area contributed by atoms with Gasteiger partial charge in [0.25, 0.3) is 0 Å². The molecule has 0 atom stereocenters. The number of hydrogen-bond donors (Lipinski definition) is 1. The van der Waals surface area contributed by atoms with Gasteiger partial charge in [-0.15, -0.1) is 11.3 Å². The van der Waals surface area contributed by atoms with Crippen LogP contribution in [0.3, 0.4) is 0 Å². The number of aryl methyl sites for hydroxylation is 1. The monoisotopic (exact) mass is 280 g/mol. The molecule has 0 unspecified atom stereocenters. The normalized spacial score (nSPS) is 14.4. The highest BCUT2D eigenvalue weighted by Gasteiger charge is 2.12. The van der Waals surface area contributed by atoms with Crippen molar-refractivity contribution >= 4 is 21.6 Å². The second kappa shape index (κ2) is 4.69. The van der Waals surface area contributed by atoms with Crippen LogP contribution in [0.5, 0.6) is 0 Å². The maximum absolute atomic E-state index is 4.79. The third-order valence-corrected chi connectivity index (χ3v) is 4.97. The van der Waals surface area contributed by atoms with Gasteiger partial charge in [0.1, 0.15) is 5.01 Å². The Bertz CT molecular complexity index is 789. The molecule has 0 fully saturated rings. The molecule has 0 radical (unpaired) electrons. The van der Waals surface area contributed by atoms with E-state index in [0.717, 1.165) is 30.0 Å². The van der Waals surface area contributed by atoms with E-state index in [9.17, 15) is 0 Å². The number of benzene rings is 2. The molecule has 1 aromatic heterocycles. The number of fused-ring (bicyclic) bond motifs is 2. The fourth-order valence-corrected chi connectivity index (χ4v) is 3.72. The van der Waals surface area contributed by atoms with Crippen molar-refractivity contribution in [2.24, 2.45) is 0 Å². The molecule has 1 aliphatic heterocycles. The molecule has 0 saturated carbocycles. The molecule has 0 spiro atoms. The van der Waals surface area contributed by atoms with Gasteiger partial charge in [-0.25, -0.2) is 4.98 Å². The van der Waals surface area contributed by atoms with Crippen LogP contribution in [0.25, 0.3) is 20.8 Å². The summed E-state index contributed by atoms with van der Waals surface area (Å²) in [6.07, 6.45) is 1.13. The molecule has 0 bridgehead atoms. The number of nitrogens with zero attached hydrogens (tertiary/aromatic N) is 1. The molecule has 3 heteroatoms. The summed E-state index contributed by atoms with van der Waals surface area (Å²) in [5.41, 5.74) is 6.52. The average Bonchev–Trinajstić information content (AvgIpc) is 2.89. The summed E-state index contributed by atoms with van der Waals surface area (Å²) in [7, 11) is 0. The SMILES string of the molecule is Cc1ccc2sc(-c3ccc4c(c3)CNCC4)nc2c1. The van der Waals surface area contributed by atoms with Crippen LogP contribution in [0.4, 0.5) is 0 Å². The molecule has 1 aliphatic rings. The lowest BCUT2D eigenvalue weighted by molar-refractivity contribution is 0.644. The molecular weight excluding hydrogens is 264 g/mol. The summed E-state index contributed by atoms with van der Waals surface area (Å²) in [4.78, 5) is 4.79. The molecule has 0 aliphatic carbocycles. The zero-order valence-electron chi connectivity index (χ0n) is 11.4. The Hall–Kier alpha value is -1.71. The van der Waals surface area contributed by atoms with Gasteiger partial charge in [0.05, 0.1) is 10.2 Å². The van der Waals surface area contributed by atoms with E-state index in [1.807, 2.05) is 0 Å². The second-order valence-corrected chi connectivity index (χ2v) is 6.43. The van der Waals surface area contributed by atoms with Crippen LogP contribution in [0.2, 0.25) is 0 Å². The lowest BCUT2D eigenvalue weighted by Gasteiger charge is -2.17. The van der Waals surface area contributed by atoms with E-state index in [1.54, 1.807) is 11.3 Å². The first-order valence-electron chi connectivity index (χ1n) is 7.00. The molecule has 0 amide bonds. The van der Waals surface area contributed by atoms with Crippen LogP contribution >= 0.6 is 11.3 Å². The van der Waals surface area contributed by atoms with Gasteiger partial charge in [-0.1, -0.05) is 18.2 Å². The fraction of sp³-hybridized carbons (Fsp3) is 0.235. The van der Waals surface area contributed by atoms with Crippen LogP contribution in [0.1, 0.15) is 16.7 Å². The Balaban J connectivity index is 1.82. The van der Waals surface area contributed by atoms with Gasteiger partial charge in [-0.05, 0) is 54.8 Å². The van der Waals surface area contributed by atoms with Gasteiger partial charge >= 0.3 is 0 Å². The van der Waals surface area contributed by atoms with Crippen LogP contribution in [-0.2, 0) is 13.0 Å². The van der Waals surface area contributed by atoms with Gasteiger partial charge in [-0.3, -0.25) is 0 Å². The van der Waals surface area contributed by atoms with Gasteiger partial charge in [-0.2, -0.15) is 0 Å². The lowest BCUT2D eigenvalue weighted by atomic mass is 9.99. The molecule has 4 rings (SSSR count). The smallest absolute Gasteiger partial charge is 0.124 e. The highest BCUT2D eigenvalue weighted by molar-refractivity contribution is 7.21. The van der Waals surface area contributed by atoms with Gasteiger partial charge in [0.2, 0.25) is 0 Å². The summed E-state index contributed by atoms with van der Waals surface area (Å²) < 4.78 is 1.27. The standard InChI is InChI=1S/C17H16N2S/c1-11-2-5-16-15(8-11)19-17(20-16)13-4-3-12-6-7-18-10-14(12)9-13/h2-5,8-9,18H,6-7,10H2,1H3. The molecule has 2 heterocycles. The summed E-state index contributed by atoms with van der Waals surface area (Å²) in [5.74, 6) is 0. The Kier molecular flexibility index (Phi) is 2.83. The van der Waals surface area contributed by atoms with Crippen LogP contribution in [-0.4, -0.2) is 11.5 Å². The summed E-state index contributed by atoms with van der Waals surface area (Å²) >= 11 is 1.78. The molecule has 1 N–H and O–H groups in total. The second-order valence-electron chi connectivity index (χ2n) is 5.40. The molecule has 100 valence electrons. The fourth-order valence-electron chi connectivity index (χ4n) is 2.77. The number of nitrogens with one attached hydrogen (secondary N) is 1. The molecule has 3 aromatic rings. The number of rotatable bonds is 1. The third-order valence-electron chi connectivity index (χ3n) is 3.88. The molecule has 20 heavy (non-hydrogen) atoms.